The van der Waals surface area contributed by atoms with Crippen LogP contribution >= 0.6 is 11.6 Å². The predicted octanol–water partition coefficient (Wildman–Crippen LogP) is 4.38. The van der Waals surface area contributed by atoms with E-state index in [0.29, 0.717) is 22.9 Å². The summed E-state index contributed by atoms with van der Waals surface area (Å²) in [6.07, 6.45) is 4.06. The van der Waals surface area contributed by atoms with Crippen LogP contribution in [0, 0.1) is 0 Å². The molecule has 0 radical (unpaired) electrons. The van der Waals surface area contributed by atoms with Crippen molar-refractivity contribution in [2.75, 3.05) is 6.61 Å². The van der Waals surface area contributed by atoms with E-state index in [4.69, 9.17) is 21.2 Å². The maximum atomic E-state index is 12.8. The van der Waals surface area contributed by atoms with Crippen LogP contribution in [0.5, 0.6) is 0 Å². The van der Waals surface area contributed by atoms with Crippen LogP contribution in [0.1, 0.15) is 29.6 Å². The van der Waals surface area contributed by atoms with Gasteiger partial charge in [-0.3, -0.25) is 4.79 Å². The highest BCUT2D eigenvalue weighted by Crippen LogP contribution is 2.25. The summed E-state index contributed by atoms with van der Waals surface area (Å²) < 4.78 is 7.17. The molecule has 7 heteroatoms. The fourth-order valence-electron chi connectivity index (χ4n) is 3.05. The SMILES string of the molecule is O=C(NOC1CCCCO1)c1cn(-c2ccccc2)nc1-c1ccc(Cl)cc1. The van der Waals surface area contributed by atoms with Gasteiger partial charge in [-0.15, -0.1) is 0 Å². The second-order valence-electron chi connectivity index (χ2n) is 6.52. The van der Waals surface area contributed by atoms with Gasteiger partial charge in [-0.25, -0.2) is 15.0 Å². The highest BCUT2D eigenvalue weighted by molar-refractivity contribution is 6.30. The van der Waals surface area contributed by atoms with Gasteiger partial charge in [-0.2, -0.15) is 5.10 Å². The molecule has 2 aromatic carbocycles. The van der Waals surface area contributed by atoms with E-state index in [-0.39, 0.29) is 5.91 Å². The molecule has 3 aromatic rings. The lowest BCUT2D eigenvalue weighted by Gasteiger charge is -2.22. The summed E-state index contributed by atoms with van der Waals surface area (Å²) in [4.78, 5) is 18.3. The van der Waals surface area contributed by atoms with Crippen molar-refractivity contribution in [3.8, 4) is 16.9 Å². The molecule has 1 aliphatic heterocycles. The molecule has 1 unspecified atom stereocenters. The Morgan fingerprint density at radius 1 is 1.14 bits per heavy atom. The number of rotatable bonds is 5. The van der Waals surface area contributed by atoms with Crippen LogP contribution in [-0.4, -0.2) is 28.6 Å². The molecule has 1 fully saturated rings. The summed E-state index contributed by atoms with van der Waals surface area (Å²) in [6.45, 7) is 0.641. The maximum Gasteiger partial charge on any atom is 0.278 e. The first-order valence-electron chi connectivity index (χ1n) is 9.19. The minimum Gasteiger partial charge on any atom is -0.350 e. The van der Waals surface area contributed by atoms with Gasteiger partial charge in [0.05, 0.1) is 11.3 Å². The van der Waals surface area contributed by atoms with E-state index in [0.717, 1.165) is 30.5 Å². The number of benzene rings is 2. The maximum absolute atomic E-state index is 12.8. The minimum absolute atomic E-state index is 0.374. The summed E-state index contributed by atoms with van der Waals surface area (Å²) in [5.74, 6) is -0.374. The number of aromatic nitrogens is 2. The summed E-state index contributed by atoms with van der Waals surface area (Å²) in [7, 11) is 0. The normalized spacial score (nSPS) is 16.7. The third kappa shape index (κ3) is 4.25. The van der Waals surface area contributed by atoms with Gasteiger partial charge in [0, 0.05) is 29.8 Å². The quantitative estimate of drug-likeness (QED) is 0.649. The highest BCUT2D eigenvalue weighted by Gasteiger charge is 2.21. The zero-order valence-corrected chi connectivity index (χ0v) is 15.9. The fourth-order valence-corrected chi connectivity index (χ4v) is 3.18. The number of ether oxygens (including phenoxy) is 1. The average molecular weight is 398 g/mol. The van der Waals surface area contributed by atoms with E-state index in [9.17, 15) is 4.79 Å². The van der Waals surface area contributed by atoms with Crippen LogP contribution < -0.4 is 5.48 Å². The lowest BCUT2D eigenvalue weighted by Crippen LogP contribution is -2.33. The molecule has 144 valence electrons. The Labute approximate surface area is 168 Å². The topological polar surface area (TPSA) is 65.4 Å². The monoisotopic (exact) mass is 397 g/mol. The van der Waals surface area contributed by atoms with Crippen LogP contribution in [0.25, 0.3) is 16.9 Å². The van der Waals surface area contributed by atoms with Crippen molar-refractivity contribution in [2.45, 2.75) is 25.6 Å². The number of hydroxylamine groups is 1. The zero-order valence-electron chi connectivity index (χ0n) is 15.2. The Hall–Kier alpha value is -2.67. The van der Waals surface area contributed by atoms with Crippen LogP contribution in [0.4, 0.5) is 0 Å². The standard InChI is InChI=1S/C21H20ClN3O3/c22-16-11-9-15(10-12-16)20-18(14-25(23-20)17-6-2-1-3-7-17)21(26)24-28-19-8-4-5-13-27-19/h1-3,6-7,9-12,14,19H,4-5,8,13H2,(H,24,26). The lowest BCUT2D eigenvalue weighted by atomic mass is 10.1. The molecule has 1 saturated heterocycles. The number of hydrogen-bond donors (Lipinski definition) is 1. The van der Waals surface area contributed by atoms with Crippen molar-refractivity contribution in [1.82, 2.24) is 15.3 Å². The third-order valence-corrected chi connectivity index (χ3v) is 4.77. The van der Waals surface area contributed by atoms with Crippen molar-refractivity contribution in [3.63, 3.8) is 0 Å². The van der Waals surface area contributed by atoms with E-state index in [1.165, 1.54) is 0 Å². The van der Waals surface area contributed by atoms with E-state index in [2.05, 4.69) is 10.6 Å². The molecule has 0 saturated carbocycles. The number of para-hydroxylation sites is 1. The summed E-state index contributed by atoms with van der Waals surface area (Å²) in [5.41, 5.74) is 5.11. The molecule has 1 atom stereocenters. The van der Waals surface area contributed by atoms with E-state index in [1.54, 1.807) is 23.0 Å². The van der Waals surface area contributed by atoms with Gasteiger partial charge < -0.3 is 4.74 Å². The van der Waals surface area contributed by atoms with Crippen LogP contribution in [0.2, 0.25) is 5.02 Å². The van der Waals surface area contributed by atoms with Crippen molar-refractivity contribution < 1.29 is 14.4 Å². The van der Waals surface area contributed by atoms with Gasteiger partial charge in [-0.05, 0) is 37.1 Å². The first-order valence-corrected chi connectivity index (χ1v) is 9.57. The molecule has 6 nitrogen and oxygen atoms in total. The van der Waals surface area contributed by atoms with Gasteiger partial charge in [0.25, 0.3) is 5.91 Å². The Kier molecular flexibility index (Phi) is 5.71. The van der Waals surface area contributed by atoms with Crippen LogP contribution in [0.3, 0.4) is 0 Å². The number of carbonyl (C=O) groups excluding carboxylic acids is 1. The second kappa shape index (κ2) is 8.56. The molecule has 28 heavy (non-hydrogen) atoms. The zero-order chi connectivity index (χ0) is 19.3. The van der Waals surface area contributed by atoms with E-state index in [1.807, 2.05) is 42.5 Å². The van der Waals surface area contributed by atoms with E-state index >= 15 is 0 Å². The molecule has 0 spiro atoms. The molecule has 2 heterocycles. The van der Waals surface area contributed by atoms with Crippen LogP contribution in [-0.2, 0) is 9.57 Å². The third-order valence-electron chi connectivity index (χ3n) is 4.52. The van der Waals surface area contributed by atoms with E-state index < -0.39 is 6.29 Å². The number of halogens is 1. The Morgan fingerprint density at radius 2 is 1.93 bits per heavy atom. The molecule has 0 bridgehead atoms. The molecule has 0 aliphatic carbocycles. The Morgan fingerprint density at radius 3 is 2.64 bits per heavy atom. The molecule has 1 amide bonds. The molecule has 4 rings (SSSR count). The molecular formula is C21H20ClN3O3. The second-order valence-corrected chi connectivity index (χ2v) is 6.96. The number of hydrogen-bond acceptors (Lipinski definition) is 4. The van der Waals surface area contributed by atoms with Gasteiger partial charge in [0.1, 0.15) is 5.69 Å². The largest absolute Gasteiger partial charge is 0.350 e. The smallest absolute Gasteiger partial charge is 0.278 e. The molecule has 1 aliphatic rings. The Bertz CT molecular complexity index is 935. The van der Waals surface area contributed by atoms with Crippen molar-refractivity contribution >= 4 is 17.5 Å². The molecule has 1 N–H and O–H groups in total. The van der Waals surface area contributed by atoms with Crippen molar-refractivity contribution in [2.24, 2.45) is 0 Å². The van der Waals surface area contributed by atoms with Gasteiger partial charge in [0.2, 0.25) is 0 Å². The minimum atomic E-state index is -0.416. The summed E-state index contributed by atoms with van der Waals surface area (Å²) >= 11 is 6.00. The van der Waals surface area contributed by atoms with Crippen molar-refractivity contribution in [1.29, 1.82) is 0 Å². The lowest BCUT2D eigenvalue weighted by molar-refractivity contribution is -0.186. The number of nitrogens with one attached hydrogen (secondary N) is 1. The highest BCUT2D eigenvalue weighted by atomic mass is 35.5. The fraction of sp³-hybridized carbons (Fsp3) is 0.238. The number of amides is 1. The molecular weight excluding hydrogens is 378 g/mol. The molecule has 1 aromatic heterocycles. The van der Waals surface area contributed by atoms with Gasteiger partial charge >= 0.3 is 0 Å². The summed E-state index contributed by atoms with van der Waals surface area (Å²) in [6, 6.07) is 16.8. The predicted molar refractivity (Wildman–Crippen MR) is 106 cm³/mol. The first kappa shape index (κ1) is 18.7. The number of carbonyl (C=O) groups is 1. The first-order chi connectivity index (χ1) is 13.7. The summed E-state index contributed by atoms with van der Waals surface area (Å²) in [5, 5.41) is 5.24. The Balaban J connectivity index is 1.62. The van der Waals surface area contributed by atoms with Gasteiger partial charge in [0.15, 0.2) is 6.29 Å². The number of nitrogens with zero attached hydrogens (tertiary/aromatic N) is 2. The van der Waals surface area contributed by atoms with Crippen LogP contribution in [0.15, 0.2) is 60.8 Å². The average Bonchev–Trinajstić information content (AvgIpc) is 3.19. The van der Waals surface area contributed by atoms with Gasteiger partial charge in [-0.1, -0.05) is 41.9 Å². The van der Waals surface area contributed by atoms with Crippen molar-refractivity contribution in [3.05, 3.63) is 71.4 Å².